The van der Waals surface area contributed by atoms with Crippen LogP contribution in [0.1, 0.15) is 36.8 Å². The van der Waals surface area contributed by atoms with Crippen molar-refractivity contribution in [1.29, 1.82) is 5.26 Å². The molecule has 0 heterocycles. The van der Waals surface area contributed by atoms with E-state index in [1.54, 1.807) is 6.92 Å². The molecular weight excluding hydrogens is 257 g/mol. The summed E-state index contributed by atoms with van der Waals surface area (Å²) in [6.45, 7) is 1.59. The zero-order chi connectivity index (χ0) is 14.7. The summed E-state index contributed by atoms with van der Waals surface area (Å²) in [5.74, 6) is -0.678. The third-order valence-electron chi connectivity index (χ3n) is 3.87. The molecule has 0 aliphatic heterocycles. The molecule has 0 unspecified atom stereocenters. The topological polar surface area (TPSA) is 78.9 Å². The number of carbonyl (C=O) groups is 1. The lowest BCUT2D eigenvalue weighted by molar-refractivity contribution is -0.120. The molecule has 1 aliphatic rings. The summed E-state index contributed by atoms with van der Waals surface area (Å²) in [5.41, 5.74) is 6.75. The number of benzene rings is 1. The zero-order valence-corrected chi connectivity index (χ0v) is 11.4. The summed E-state index contributed by atoms with van der Waals surface area (Å²) in [4.78, 5) is 12.2. The fraction of sp³-hybridized carbons (Fsp3) is 0.467. The maximum absolute atomic E-state index is 13.7. The van der Waals surface area contributed by atoms with Gasteiger partial charge in [-0.2, -0.15) is 5.26 Å². The fourth-order valence-electron chi connectivity index (χ4n) is 2.49. The summed E-state index contributed by atoms with van der Waals surface area (Å²) in [6, 6.07) is 4.74. The van der Waals surface area contributed by atoms with E-state index in [-0.39, 0.29) is 23.4 Å². The van der Waals surface area contributed by atoms with Crippen molar-refractivity contribution in [3.63, 3.8) is 0 Å². The summed E-state index contributed by atoms with van der Waals surface area (Å²) >= 11 is 0. The Morgan fingerprint density at radius 1 is 1.40 bits per heavy atom. The lowest BCUT2D eigenvalue weighted by Crippen LogP contribution is -2.32. The quantitative estimate of drug-likeness (QED) is 0.870. The van der Waals surface area contributed by atoms with Crippen molar-refractivity contribution in [2.75, 3.05) is 5.32 Å². The minimum atomic E-state index is -0.481. The van der Waals surface area contributed by atoms with Gasteiger partial charge in [-0.15, -0.1) is 0 Å². The second kappa shape index (κ2) is 6.02. The van der Waals surface area contributed by atoms with Crippen molar-refractivity contribution in [2.24, 2.45) is 11.7 Å². The highest BCUT2D eigenvalue weighted by Crippen LogP contribution is 2.26. The maximum Gasteiger partial charge on any atom is 0.227 e. The van der Waals surface area contributed by atoms with Crippen LogP contribution in [-0.4, -0.2) is 11.9 Å². The first-order chi connectivity index (χ1) is 9.51. The van der Waals surface area contributed by atoms with Gasteiger partial charge in [0.1, 0.15) is 5.82 Å². The maximum atomic E-state index is 13.7. The molecule has 5 heteroatoms. The summed E-state index contributed by atoms with van der Waals surface area (Å²) in [7, 11) is 0. The van der Waals surface area contributed by atoms with Crippen LogP contribution in [0.25, 0.3) is 0 Å². The van der Waals surface area contributed by atoms with Gasteiger partial charge in [0.25, 0.3) is 0 Å². The van der Waals surface area contributed by atoms with Gasteiger partial charge in [0, 0.05) is 23.2 Å². The van der Waals surface area contributed by atoms with Crippen LogP contribution in [0, 0.1) is 30.0 Å². The molecule has 1 aromatic carbocycles. The molecule has 0 radical (unpaired) electrons. The van der Waals surface area contributed by atoms with E-state index in [2.05, 4.69) is 5.32 Å². The molecule has 1 saturated carbocycles. The van der Waals surface area contributed by atoms with Crippen molar-refractivity contribution in [3.05, 3.63) is 29.1 Å². The van der Waals surface area contributed by atoms with Gasteiger partial charge in [0.15, 0.2) is 0 Å². The Balaban J connectivity index is 2.12. The van der Waals surface area contributed by atoms with Crippen LogP contribution in [-0.2, 0) is 4.79 Å². The molecule has 0 saturated heterocycles. The van der Waals surface area contributed by atoms with Gasteiger partial charge in [-0.1, -0.05) is 0 Å². The number of nitrogens with zero attached hydrogens (tertiary/aromatic N) is 1. The number of amides is 1. The summed E-state index contributed by atoms with van der Waals surface area (Å²) in [6.07, 6.45) is 3.19. The average molecular weight is 275 g/mol. The van der Waals surface area contributed by atoms with Crippen LogP contribution in [0.5, 0.6) is 0 Å². The molecule has 1 aromatic rings. The zero-order valence-electron chi connectivity index (χ0n) is 11.4. The molecule has 1 aliphatic carbocycles. The monoisotopic (exact) mass is 275 g/mol. The number of nitrogens with one attached hydrogen (secondary N) is 1. The standard InChI is InChI=1S/C15H18FN3O/c1-9-13(16)6-10(8-17)7-14(9)19-15(20)11-2-4-12(18)5-3-11/h6-7,11-12H,2-5,18H2,1H3,(H,19,20). The Bertz CT molecular complexity index is 557. The normalized spacial score (nSPS) is 22.1. The van der Waals surface area contributed by atoms with Gasteiger partial charge >= 0.3 is 0 Å². The van der Waals surface area contributed by atoms with Gasteiger partial charge in [-0.05, 0) is 44.7 Å². The van der Waals surface area contributed by atoms with Crippen LogP contribution in [0.3, 0.4) is 0 Å². The molecule has 1 fully saturated rings. The van der Waals surface area contributed by atoms with Gasteiger partial charge < -0.3 is 11.1 Å². The SMILES string of the molecule is Cc1c(F)cc(C#N)cc1NC(=O)C1CCC(N)CC1. The first kappa shape index (κ1) is 14.5. The predicted molar refractivity (Wildman–Crippen MR) is 74.4 cm³/mol. The molecule has 4 nitrogen and oxygen atoms in total. The van der Waals surface area contributed by atoms with Crippen molar-refractivity contribution >= 4 is 11.6 Å². The van der Waals surface area contributed by atoms with Crippen LogP contribution >= 0.6 is 0 Å². The van der Waals surface area contributed by atoms with E-state index in [4.69, 9.17) is 11.0 Å². The number of hydrogen-bond acceptors (Lipinski definition) is 3. The highest BCUT2D eigenvalue weighted by molar-refractivity contribution is 5.93. The number of rotatable bonds is 2. The highest BCUT2D eigenvalue weighted by atomic mass is 19.1. The van der Waals surface area contributed by atoms with Crippen LogP contribution in [0.4, 0.5) is 10.1 Å². The van der Waals surface area contributed by atoms with E-state index in [0.29, 0.717) is 11.3 Å². The molecule has 0 atom stereocenters. The van der Waals surface area contributed by atoms with Gasteiger partial charge in [0.2, 0.25) is 5.91 Å². The molecule has 2 rings (SSSR count). The Morgan fingerprint density at radius 2 is 2.05 bits per heavy atom. The second-order valence-electron chi connectivity index (χ2n) is 5.34. The average Bonchev–Trinajstić information content (AvgIpc) is 2.44. The van der Waals surface area contributed by atoms with Crippen molar-refractivity contribution < 1.29 is 9.18 Å². The first-order valence-corrected chi connectivity index (χ1v) is 6.78. The van der Waals surface area contributed by atoms with E-state index < -0.39 is 5.82 Å². The lowest BCUT2D eigenvalue weighted by Gasteiger charge is -2.25. The molecule has 0 aromatic heterocycles. The van der Waals surface area contributed by atoms with E-state index in [0.717, 1.165) is 25.7 Å². The van der Waals surface area contributed by atoms with E-state index in [9.17, 15) is 9.18 Å². The Morgan fingerprint density at radius 3 is 2.65 bits per heavy atom. The number of carbonyl (C=O) groups excluding carboxylic acids is 1. The van der Waals surface area contributed by atoms with Crippen molar-refractivity contribution in [2.45, 2.75) is 38.6 Å². The first-order valence-electron chi connectivity index (χ1n) is 6.78. The van der Waals surface area contributed by atoms with Crippen molar-refractivity contribution in [3.8, 4) is 6.07 Å². The number of nitrogens with two attached hydrogens (primary N) is 1. The van der Waals surface area contributed by atoms with Gasteiger partial charge in [-0.3, -0.25) is 4.79 Å². The fourth-order valence-corrected chi connectivity index (χ4v) is 2.49. The molecule has 1 amide bonds. The minimum Gasteiger partial charge on any atom is -0.328 e. The second-order valence-corrected chi connectivity index (χ2v) is 5.34. The molecule has 0 spiro atoms. The number of nitriles is 1. The molecule has 3 N–H and O–H groups in total. The Kier molecular flexibility index (Phi) is 4.35. The van der Waals surface area contributed by atoms with E-state index in [1.807, 2.05) is 6.07 Å². The van der Waals surface area contributed by atoms with Crippen molar-refractivity contribution in [1.82, 2.24) is 0 Å². The van der Waals surface area contributed by atoms with E-state index in [1.165, 1.54) is 12.1 Å². The molecular formula is C15H18FN3O. The number of anilines is 1. The Hall–Kier alpha value is -1.93. The molecule has 20 heavy (non-hydrogen) atoms. The van der Waals surface area contributed by atoms with E-state index >= 15 is 0 Å². The third-order valence-corrected chi connectivity index (χ3v) is 3.87. The molecule has 106 valence electrons. The predicted octanol–water partition coefficient (Wildman–Crippen LogP) is 2.46. The molecule has 0 bridgehead atoms. The number of hydrogen-bond donors (Lipinski definition) is 2. The van der Waals surface area contributed by atoms with Crippen LogP contribution < -0.4 is 11.1 Å². The third kappa shape index (κ3) is 3.14. The minimum absolute atomic E-state index is 0.0806. The smallest absolute Gasteiger partial charge is 0.227 e. The number of halogens is 1. The van der Waals surface area contributed by atoms with Gasteiger partial charge in [-0.25, -0.2) is 4.39 Å². The Labute approximate surface area is 117 Å². The van der Waals surface area contributed by atoms with Crippen LogP contribution in [0.2, 0.25) is 0 Å². The highest BCUT2D eigenvalue weighted by Gasteiger charge is 2.25. The summed E-state index contributed by atoms with van der Waals surface area (Å²) < 4.78 is 13.7. The van der Waals surface area contributed by atoms with Gasteiger partial charge in [0.05, 0.1) is 11.6 Å². The largest absolute Gasteiger partial charge is 0.328 e. The van der Waals surface area contributed by atoms with Crippen LogP contribution in [0.15, 0.2) is 12.1 Å². The summed E-state index contributed by atoms with van der Waals surface area (Å²) in [5, 5.41) is 11.6. The lowest BCUT2D eigenvalue weighted by atomic mass is 9.86.